The van der Waals surface area contributed by atoms with E-state index in [2.05, 4.69) is 4.74 Å². The van der Waals surface area contributed by atoms with E-state index in [9.17, 15) is 19.7 Å². The zero-order valence-corrected chi connectivity index (χ0v) is 16.4. The van der Waals surface area contributed by atoms with Crippen LogP contribution >= 0.6 is 0 Å². The van der Waals surface area contributed by atoms with E-state index in [1.165, 1.54) is 17.0 Å². The van der Waals surface area contributed by atoms with E-state index in [1.807, 2.05) is 0 Å². The molecule has 0 unspecified atom stereocenters. The maximum Gasteiger partial charge on any atom is 0.414 e. The summed E-state index contributed by atoms with van der Waals surface area (Å²) in [6, 6.07) is 11.1. The fourth-order valence-electron chi connectivity index (χ4n) is 2.57. The van der Waals surface area contributed by atoms with Crippen molar-refractivity contribution < 1.29 is 24.0 Å². The zero-order valence-electron chi connectivity index (χ0n) is 16.4. The van der Waals surface area contributed by atoms with Crippen molar-refractivity contribution in [1.29, 1.82) is 0 Å². The number of benzene rings is 2. The van der Waals surface area contributed by atoms with Crippen LogP contribution in [0.25, 0.3) is 11.1 Å². The summed E-state index contributed by atoms with van der Waals surface area (Å²) in [4.78, 5) is 36.3. The van der Waals surface area contributed by atoms with Gasteiger partial charge in [-0.2, -0.15) is 0 Å². The second kappa shape index (κ2) is 8.08. The second-order valence-electron chi connectivity index (χ2n) is 7.04. The fourth-order valence-corrected chi connectivity index (χ4v) is 2.57. The summed E-state index contributed by atoms with van der Waals surface area (Å²) in [7, 11) is 2.72. The number of para-hydroxylation sites is 1. The van der Waals surface area contributed by atoms with Gasteiger partial charge in [0.15, 0.2) is 0 Å². The van der Waals surface area contributed by atoms with Gasteiger partial charge in [0, 0.05) is 18.7 Å². The number of amides is 1. The van der Waals surface area contributed by atoms with Gasteiger partial charge in [0.1, 0.15) is 11.2 Å². The largest absolute Gasteiger partial charge is 0.465 e. The highest BCUT2D eigenvalue weighted by Gasteiger charge is 2.25. The number of carbonyl (C=O) groups excluding carboxylic acids is 2. The van der Waals surface area contributed by atoms with Crippen LogP contribution in [0.2, 0.25) is 0 Å². The molecule has 0 spiro atoms. The van der Waals surface area contributed by atoms with Gasteiger partial charge in [-0.05, 0) is 38.5 Å². The van der Waals surface area contributed by atoms with Gasteiger partial charge in [0.25, 0.3) is 5.69 Å². The number of rotatable bonds is 4. The first-order valence-corrected chi connectivity index (χ1v) is 8.48. The number of hydrogen-bond donors (Lipinski definition) is 0. The van der Waals surface area contributed by atoms with Gasteiger partial charge in [-0.1, -0.05) is 24.3 Å². The third kappa shape index (κ3) is 4.64. The Kier molecular flexibility index (Phi) is 6.03. The third-order valence-electron chi connectivity index (χ3n) is 3.84. The number of esters is 1. The number of carbonyl (C=O) groups is 2. The van der Waals surface area contributed by atoms with E-state index in [4.69, 9.17) is 4.74 Å². The van der Waals surface area contributed by atoms with Crippen molar-refractivity contribution >= 4 is 23.4 Å². The van der Waals surface area contributed by atoms with Crippen molar-refractivity contribution in [3.63, 3.8) is 0 Å². The molecule has 0 saturated heterocycles. The lowest BCUT2D eigenvalue weighted by atomic mass is 10.00. The minimum absolute atomic E-state index is 0.144. The van der Waals surface area contributed by atoms with Crippen LogP contribution in [0.5, 0.6) is 0 Å². The summed E-state index contributed by atoms with van der Waals surface area (Å²) in [5.41, 5.74) is 0.382. The van der Waals surface area contributed by atoms with E-state index in [-0.39, 0.29) is 11.3 Å². The Morgan fingerprint density at radius 3 is 2.32 bits per heavy atom. The molecule has 8 nitrogen and oxygen atoms in total. The highest BCUT2D eigenvalue weighted by atomic mass is 16.6. The molecule has 2 rings (SSSR count). The summed E-state index contributed by atoms with van der Waals surface area (Å²) in [5.74, 6) is -0.794. The highest BCUT2D eigenvalue weighted by Crippen LogP contribution is 2.34. The summed E-state index contributed by atoms with van der Waals surface area (Å²) in [6.07, 6.45) is -0.555. The van der Waals surface area contributed by atoms with Crippen LogP contribution in [-0.4, -0.2) is 36.7 Å². The molecule has 28 heavy (non-hydrogen) atoms. The van der Waals surface area contributed by atoms with Crippen molar-refractivity contribution in [3.05, 3.63) is 58.1 Å². The number of hydrogen-bond acceptors (Lipinski definition) is 6. The molecular weight excluding hydrogens is 364 g/mol. The summed E-state index contributed by atoms with van der Waals surface area (Å²) >= 11 is 0. The van der Waals surface area contributed by atoms with Gasteiger partial charge in [-0.3, -0.25) is 15.0 Å². The fraction of sp³-hybridized carbons (Fsp3) is 0.300. The lowest BCUT2D eigenvalue weighted by molar-refractivity contribution is -0.385. The van der Waals surface area contributed by atoms with E-state index in [0.717, 1.165) is 7.11 Å². The summed E-state index contributed by atoms with van der Waals surface area (Å²) in [6.45, 7) is 5.29. The highest BCUT2D eigenvalue weighted by molar-refractivity contribution is 5.97. The molecule has 0 N–H and O–H groups in total. The van der Waals surface area contributed by atoms with Gasteiger partial charge >= 0.3 is 12.1 Å². The molecule has 0 heterocycles. The Morgan fingerprint density at radius 1 is 1.11 bits per heavy atom. The van der Waals surface area contributed by atoms with Crippen LogP contribution in [-0.2, 0) is 9.47 Å². The molecule has 8 heteroatoms. The molecular formula is C20H22N2O6. The molecule has 2 aromatic carbocycles. The van der Waals surface area contributed by atoms with E-state index in [0.29, 0.717) is 16.8 Å². The second-order valence-corrected chi connectivity index (χ2v) is 7.04. The maximum atomic E-state index is 12.4. The predicted octanol–water partition coefficient (Wildman–Crippen LogP) is 4.42. The monoisotopic (exact) mass is 386 g/mol. The Balaban J connectivity index is 2.53. The number of nitrogens with zero attached hydrogens (tertiary/aromatic N) is 2. The van der Waals surface area contributed by atoms with Gasteiger partial charge in [0.2, 0.25) is 0 Å². The minimum atomic E-state index is -0.794. The SMILES string of the molecule is COC(=O)c1ccc(-c2ccccc2N(C)C(=O)OC(C)(C)C)cc1[N+](=O)[O-]. The predicted molar refractivity (Wildman–Crippen MR) is 105 cm³/mol. The first-order valence-electron chi connectivity index (χ1n) is 8.48. The number of nitro groups is 1. The molecule has 0 bridgehead atoms. The average Bonchev–Trinajstić information content (AvgIpc) is 2.64. The van der Waals surface area contributed by atoms with Crippen LogP contribution in [0.4, 0.5) is 16.2 Å². The molecule has 0 aromatic heterocycles. The summed E-state index contributed by atoms with van der Waals surface area (Å²) in [5, 5.41) is 11.4. The molecule has 1 amide bonds. The molecule has 0 radical (unpaired) electrons. The Morgan fingerprint density at radius 2 is 1.75 bits per heavy atom. The number of anilines is 1. The van der Waals surface area contributed by atoms with Gasteiger partial charge in [-0.15, -0.1) is 0 Å². The van der Waals surface area contributed by atoms with E-state index in [1.54, 1.807) is 58.2 Å². The molecule has 2 aromatic rings. The Labute approximate surface area is 162 Å². The van der Waals surface area contributed by atoms with Gasteiger partial charge in [0.05, 0.1) is 17.7 Å². The summed E-state index contributed by atoms with van der Waals surface area (Å²) < 4.78 is 9.99. The normalized spacial score (nSPS) is 10.9. The molecule has 0 fully saturated rings. The minimum Gasteiger partial charge on any atom is -0.465 e. The van der Waals surface area contributed by atoms with Crippen LogP contribution in [0.15, 0.2) is 42.5 Å². The van der Waals surface area contributed by atoms with Crippen LogP contribution < -0.4 is 4.90 Å². The smallest absolute Gasteiger partial charge is 0.414 e. The van der Waals surface area contributed by atoms with Crippen LogP contribution in [0.1, 0.15) is 31.1 Å². The van der Waals surface area contributed by atoms with E-state index >= 15 is 0 Å². The third-order valence-corrected chi connectivity index (χ3v) is 3.84. The van der Waals surface area contributed by atoms with E-state index < -0.39 is 22.6 Å². The van der Waals surface area contributed by atoms with Crippen LogP contribution in [0.3, 0.4) is 0 Å². The molecule has 0 aliphatic carbocycles. The first kappa shape index (κ1) is 20.9. The molecule has 148 valence electrons. The Bertz CT molecular complexity index is 917. The number of nitro benzene ring substituents is 1. The molecule has 0 aliphatic heterocycles. The number of ether oxygens (including phenoxy) is 2. The quantitative estimate of drug-likeness (QED) is 0.438. The standard InChI is InChI=1S/C20H22N2O6/c1-20(2,3)28-19(24)21(4)16-9-7-6-8-14(16)13-10-11-15(18(23)27-5)17(12-13)22(25)26/h6-12H,1-5H3. The molecule has 0 saturated carbocycles. The van der Waals surface area contributed by atoms with Gasteiger partial charge in [-0.25, -0.2) is 9.59 Å². The van der Waals surface area contributed by atoms with Crippen molar-refractivity contribution in [2.24, 2.45) is 0 Å². The lowest BCUT2D eigenvalue weighted by Crippen LogP contribution is -2.34. The molecule has 0 atom stereocenters. The topological polar surface area (TPSA) is 99.0 Å². The zero-order chi connectivity index (χ0) is 21.1. The van der Waals surface area contributed by atoms with Crippen molar-refractivity contribution in [2.75, 3.05) is 19.1 Å². The van der Waals surface area contributed by atoms with Crippen molar-refractivity contribution in [1.82, 2.24) is 0 Å². The molecule has 0 aliphatic rings. The maximum absolute atomic E-state index is 12.4. The van der Waals surface area contributed by atoms with Crippen molar-refractivity contribution in [3.8, 4) is 11.1 Å². The van der Waals surface area contributed by atoms with Gasteiger partial charge < -0.3 is 9.47 Å². The average molecular weight is 386 g/mol. The Hall–Kier alpha value is -3.42. The first-order chi connectivity index (χ1) is 13.0. The van der Waals surface area contributed by atoms with Crippen LogP contribution in [0, 0.1) is 10.1 Å². The lowest BCUT2D eigenvalue weighted by Gasteiger charge is -2.26. The number of methoxy groups -OCH3 is 1. The van der Waals surface area contributed by atoms with Crippen molar-refractivity contribution in [2.45, 2.75) is 26.4 Å².